The van der Waals surface area contributed by atoms with Crippen LogP contribution in [0.25, 0.3) is 10.8 Å². The summed E-state index contributed by atoms with van der Waals surface area (Å²) < 4.78 is 5.39. The van der Waals surface area contributed by atoms with E-state index in [1.54, 1.807) is 19.2 Å². The molecule has 1 aromatic heterocycles. The lowest BCUT2D eigenvalue weighted by atomic mass is 9.86. The number of carbonyl (C=O) groups is 2. The van der Waals surface area contributed by atoms with Gasteiger partial charge in [-0.05, 0) is 42.0 Å². The molecule has 1 atom stereocenters. The summed E-state index contributed by atoms with van der Waals surface area (Å²) in [6.07, 6.45) is 0. The molecule has 9 heteroatoms. The molecular weight excluding hydrogens is 541 g/mol. The largest absolute Gasteiger partial charge is 0.495 e. The Morgan fingerprint density at radius 2 is 1.75 bits per heavy atom. The lowest BCUT2D eigenvalue weighted by molar-refractivity contribution is -0.114. The van der Waals surface area contributed by atoms with E-state index in [4.69, 9.17) is 4.74 Å². The lowest BCUT2D eigenvalue weighted by Crippen LogP contribution is -2.31. The molecule has 0 spiro atoms. The Kier molecular flexibility index (Phi) is 8.20. The number of amides is 2. The molecule has 40 heavy (non-hydrogen) atoms. The molecule has 5 rings (SSSR count). The number of ether oxygens (including phenoxy) is 1. The highest BCUT2D eigenvalue weighted by atomic mass is 32.2. The summed E-state index contributed by atoms with van der Waals surface area (Å²) in [5, 5.41) is 23.9. The van der Waals surface area contributed by atoms with Crippen LogP contribution < -0.4 is 20.7 Å². The predicted octanol–water partition coefficient (Wildman–Crippen LogP) is 6.62. The molecule has 7 nitrogen and oxygen atoms in total. The standard InChI is InChI=1S/C31H26N4O3S2/c1-19-28(30(37)35-24-12-5-6-14-25(24)38-2)29(26-15-8-16-39-26)22(17-32)31(33-19)40-18-27(36)34-23-13-7-10-20-9-3-4-11-21(20)23/h3-16,29,33H,18H2,1-2H3,(H,34,36)(H,35,37). The van der Waals surface area contributed by atoms with Gasteiger partial charge < -0.3 is 20.7 Å². The molecule has 0 fully saturated rings. The number of carbonyl (C=O) groups excluding carboxylic acids is 2. The fourth-order valence-electron chi connectivity index (χ4n) is 4.66. The first-order chi connectivity index (χ1) is 19.5. The van der Waals surface area contributed by atoms with Gasteiger partial charge in [0.15, 0.2) is 0 Å². The third kappa shape index (κ3) is 5.59. The van der Waals surface area contributed by atoms with Gasteiger partial charge in [0.25, 0.3) is 5.91 Å². The zero-order valence-electron chi connectivity index (χ0n) is 21.9. The molecule has 0 bridgehead atoms. The summed E-state index contributed by atoms with van der Waals surface area (Å²) in [6.45, 7) is 1.81. The topological polar surface area (TPSA) is 103 Å². The van der Waals surface area contributed by atoms with E-state index in [1.165, 1.54) is 23.1 Å². The number of nitrogens with zero attached hydrogens (tertiary/aromatic N) is 1. The number of rotatable bonds is 8. The fraction of sp³-hybridized carbons (Fsp3) is 0.129. The Bertz CT molecular complexity index is 1680. The molecule has 2 heterocycles. The number of thioether (sulfide) groups is 1. The highest BCUT2D eigenvalue weighted by Gasteiger charge is 2.35. The Morgan fingerprint density at radius 3 is 2.52 bits per heavy atom. The molecule has 3 aromatic carbocycles. The van der Waals surface area contributed by atoms with Crippen molar-refractivity contribution in [3.63, 3.8) is 0 Å². The quantitative estimate of drug-likeness (QED) is 0.222. The number of benzene rings is 3. The van der Waals surface area contributed by atoms with Crippen molar-refractivity contribution in [1.29, 1.82) is 5.26 Å². The SMILES string of the molecule is COc1ccccc1NC(=O)C1=C(C)NC(SCC(=O)Nc2cccc3ccccc23)=C(C#N)C1c1cccs1. The summed E-state index contributed by atoms with van der Waals surface area (Å²) in [4.78, 5) is 27.5. The monoisotopic (exact) mass is 566 g/mol. The van der Waals surface area contributed by atoms with Crippen molar-refractivity contribution in [3.05, 3.63) is 111 Å². The van der Waals surface area contributed by atoms with E-state index in [0.717, 1.165) is 21.3 Å². The van der Waals surface area contributed by atoms with Gasteiger partial charge in [-0.15, -0.1) is 11.3 Å². The average molecular weight is 567 g/mol. The summed E-state index contributed by atoms with van der Waals surface area (Å²) >= 11 is 2.72. The average Bonchev–Trinajstić information content (AvgIpc) is 3.51. The van der Waals surface area contributed by atoms with Crippen LogP contribution in [0.15, 0.2) is 106 Å². The molecule has 2 amide bonds. The Hall–Kier alpha value is -4.52. The Labute approximate surface area is 240 Å². The molecule has 0 saturated carbocycles. The number of hydrogen-bond acceptors (Lipinski definition) is 7. The number of para-hydroxylation sites is 2. The number of nitriles is 1. The van der Waals surface area contributed by atoms with Gasteiger partial charge in [0.2, 0.25) is 5.91 Å². The first-order valence-corrected chi connectivity index (χ1v) is 14.4. The number of anilines is 2. The van der Waals surface area contributed by atoms with Gasteiger partial charge in [0, 0.05) is 27.2 Å². The van der Waals surface area contributed by atoms with Gasteiger partial charge in [0.05, 0.1) is 41.1 Å². The maximum absolute atomic E-state index is 13.6. The molecule has 1 aliphatic heterocycles. The predicted molar refractivity (Wildman–Crippen MR) is 162 cm³/mol. The van der Waals surface area contributed by atoms with Gasteiger partial charge in [-0.3, -0.25) is 9.59 Å². The normalized spacial score (nSPS) is 14.9. The third-order valence-corrected chi connectivity index (χ3v) is 8.44. The first kappa shape index (κ1) is 27.1. The fourth-order valence-corrected chi connectivity index (χ4v) is 6.40. The number of hydrogen-bond donors (Lipinski definition) is 3. The van der Waals surface area contributed by atoms with E-state index >= 15 is 0 Å². The summed E-state index contributed by atoms with van der Waals surface area (Å²) in [7, 11) is 1.54. The molecule has 4 aromatic rings. The highest BCUT2D eigenvalue weighted by Crippen LogP contribution is 2.42. The summed E-state index contributed by atoms with van der Waals surface area (Å²) in [5.41, 5.74) is 2.71. The molecular formula is C31H26N4O3S2. The van der Waals surface area contributed by atoms with Crippen LogP contribution in [0.1, 0.15) is 17.7 Å². The van der Waals surface area contributed by atoms with Gasteiger partial charge in [-0.1, -0.05) is 66.4 Å². The maximum Gasteiger partial charge on any atom is 0.254 e. The lowest BCUT2D eigenvalue weighted by Gasteiger charge is -2.29. The third-order valence-electron chi connectivity index (χ3n) is 6.49. The van der Waals surface area contributed by atoms with Gasteiger partial charge >= 0.3 is 0 Å². The zero-order valence-corrected chi connectivity index (χ0v) is 23.5. The number of thiophene rings is 1. The molecule has 0 radical (unpaired) electrons. The van der Waals surface area contributed by atoms with E-state index in [1.807, 2.05) is 79.0 Å². The minimum absolute atomic E-state index is 0.0872. The van der Waals surface area contributed by atoms with Gasteiger partial charge in [-0.2, -0.15) is 5.26 Å². The van der Waals surface area contributed by atoms with Crippen molar-refractivity contribution < 1.29 is 14.3 Å². The van der Waals surface area contributed by atoms with Crippen molar-refractivity contribution in [2.24, 2.45) is 0 Å². The van der Waals surface area contributed by atoms with Crippen molar-refractivity contribution in [2.75, 3.05) is 23.5 Å². The Morgan fingerprint density at radius 1 is 1.00 bits per heavy atom. The minimum Gasteiger partial charge on any atom is -0.495 e. The molecule has 0 saturated heterocycles. The van der Waals surface area contributed by atoms with Gasteiger partial charge in [0.1, 0.15) is 5.75 Å². The molecule has 1 aliphatic rings. The van der Waals surface area contributed by atoms with Crippen LogP contribution in [-0.4, -0.2) is 24.7 Å². The molecule has 3 N–H and O–H groups in total. The first-order valence-electron chi connectivity index (χ1n) is 12.5. The van der Waals surface area contributed by atoms with E-state index in [-0.39, 0.29) is 17.6 Å². The van der Waals surface area contributed by atoms with Crippen LogP contribution in [0.4, 0.5) is 11.4 Å². The minimum atomic E-state index is -0.579. The van der Waals surface area contributed by atoms with E-state index in [0.29, 0.717) is 33.3 Å². The zero-order chi connectivity index (χ0) is 28.1. The summed E-state index contributed by atoms with van der Waals surface area (Å²) in [5.74, 6) is -0.482. The van der Waals surface area contributed by atoms with Crippen LogP contribution in [0, 0.1) is 11.3 Å². The van der Waals surface area contributed by atoms with Gasteiger partial charge in [-0.25, -0.2) is 0 Å². The van der Waals surface area contributed by atoms with Crippen molar-refractivity contribution in [1.82, 2.24) is 5.32 Å². The number of nitrogens with one attached hydrogen (secondary N) is 3. The van der Waals surface area contributed by atoms with Crippen LogP contribution in [-0.2, 0) is 9.59 Å². The number of dihydropyridines is 1. The van der Waals surface area contributed by atoms with Crippen molar-refractivity contribution in [3.8, 4) is 11.8 Å². The number of methoxy groups -OCH3 is 1. The van der Waals surface area contributed by atoms with Crippen LogP contribution in [0.2, 0.25) is 0 Å². The summed E-state index contributed by atoms with van der Waals surface area (Å²) in [6, 6.07) is 26.9. The molecule has 1 unspecified atom stereocenters. The van der Waals surface area contributed by atoms with E-state index in [9.17, 15) is 14.9 Å². The second kappa shape index (κ2) is 12.1. The highest BCUT2D eigenvalue weighted by molar-refractivity contribution is 8.03. The second-order valence-electron chi connectivity index (χ2n) is 8.98. The van der Waals surface area contributed by atoms with E-state index in [2.05, 4.69) is 22.0 Å². The number of allylic oxidation sites excluding steroid dienone is 2. The number of fused-ring (bicyclic) bond motifs is 1. The van der Waals surface area contributed by atoms with Crippen molar-refractivity contribution >= 4 is 57.1 Å². The van der Waals surface area contributed by atoms with Crippen LogP contribution in [0.3, 0.4) is 0 Å². The van der Waals surface area contributed by atoms with Crippen LogP contribution >= 0.6 is 23.1 Å². The maximum atomic E-state index is 13.6. The second-order valence-corrected chi connectivity index (χ2v) is 10.9. The van der Waals surface area contributed by atoms with Crippen LogP contribution in [0.5, 0.6) is 5.75 Å². The Balaban J connectivity index is 1.39. The van der Waals surface area contributed by atoms with Crippen molar-refractivity contribution in [2.45, 2.75) is 12.8 Å². The molecule has 200 valence electrons. The van der Waals surface area contributed by atoms with E-state index < -0.39 is 5.92 Å². The smallest absolute Gasteiger partial charge is 0.254 e. The molecule has 0 aliphatic carbocycles.